The molecule has 0 saturated heterocycles. The van der Waals surface area contributed by atoms with Gasteiger partial charge in [0.1, 0.15) is 5.78 Å². The second kappa shape index (κ2) is 9.82. The third kappa shape index (κ3) is 5.94. The Morgan fingerprint density at radius 2 is 1.73 bits per heavy atom. The fourth-order valence-corrected chi connectivity index (χ4v) is 3.60. The van der Waals surface area contributed by atoms with Crippen molar-refractivity contribution >= 4 is 5.78 Å². The second-order valence-corrected chi connectivity index (χ2v) is 6.96. The molecule has 1 heteroatoms. The summed E-state index contributed by atoms with van der Waals surface area (Å²) in [5.41, 5.74) is 2.63. The molecule has 1 fully saturated rings. The Balaban J connectivity index is 1.78. The van der Waals surface area contributed by atoms with Crippen molar-refractivity contribution in [3.63, 3.8) is 0 Å². The van der Waals surface area contributed by atoms with Gasteiger partial charge >= 0.3 is 0 Å². The van der Waals surface area contributed by atoms with Gasteiger partial charge in [0.2, 0.25) is 0 Å². The first-order valence-corrected chi connectivity index (χ1v) is 9.40. The van der Waals surface area contributed by atoms with Crippen molar-refractivity contribution in [2.24, 2.45) is 5.92 Å². The van der Waals surface area contributed by atoms with Crippen LogP contribution in [0.25, 0.3) is 0 Å². The zero-order valence-electron chi connectivity index (χ0n) is 14.3. The zero-order valence-corrected chi connectivity index (χ0v) is 14.3. The van der Waals surface area contributed by atoms with Gasteiger partial charge in [0.25, 0.3) is 0 Å². The van der Waals surface area contributed by atoms with Crippen LogP contribution in [0.3, 0.4) is 0 Å². The van der Waals surface area contributed by atoms with E-state index in [1.54, 1.807) is 0 Å². The molecule has 0 heterocycles. The normalized spacial score (nSPS) is 15.9. The van der Waals surface area contributed by atoms with Crippen LogP contribution in [0.2, 0.25) is 0 Å². The molecule has 0 radical (unpaired) electrons. The van der Waals surface area contributed by atoms with Crippen molar-refractivity contribution in [2.75, 3.05) is 0 Å². The summed E-state index contributed by atoms with van der Waals surface area (Å²) >= 11 is 0. The highest BCUT2D eigenvalue weighted by Gasteiger charge is 2.20. The number of carbonyl (C=O) groups is 1. The summed E-state index contributed by atoms with van der Waals surface area (Å²) in [4.78, 5) is 12.4. The van der Waals surface area contributed by atoms with Crippen LogP contribution in [0.15, 0.2) is 24.3 Å². The number of hydrogen-bond acceptors (Lipinski definition) is 1. The van der Waals surface area contributed by atoms with E-state index in [2.05, 4.69) is 31.2 Å². The molecule has 0 spiro atoms. The van der Waals surface area contributed by atoms with Gasteiger partial charge in [0.15, 0.2) is 0 Å². The molecule has 0 atom stereocenters. The average Bonchev–Trinajstić information content (AvgIpc) is 2.56. The first kappa shape index (κ1) is 17.2. The van der Waals surface area contributed by atoms with Crippen LogP contribution in [0, 0.1) is 5.92 Å². The fraction of sp³-hybridized carbons (Fsp3) is 0.667. The predicted octanol–water partition coefficient (Wildman–Crippen LogP) is 5.89. The van der Waals surface area contributed by atoms with Crippen molar-refractivity contribution in [2.45, 2.75) is 84.0 Å². The molecule has 0 aliphatic heterocycles. The van der Waals surface area contributed by atoms with Crippen LogP contribution in [-0.4, -0.2) is 5.78 Å². The standard InChI is InChI=1S/C21H32O/c1-2-3-4-5-7-11-18-12-10-13-19(16-18)17-21(22)20-14-8-6-9-15-20/h10,12-13,16,20H,2-9,11,14-15,17H2,1H3. The van der Waals surface area contributed by atoms with E-state index in [4.69, 9.17) is 0 Å². The third-order valence-electron chi connectivity index (χ3n) is 5.00. The molecule has 0 aromatic heterocycles. The van der Waals surface area contributed by atoms with E-state index in [0.29, 0.717) is 18.1 Å². The maximum atomic E-state index is 12.4. The summed E-state index contributed by atoms with van der Waals surface area (Å²) in [6.07, 6.45) is 14.5. The molecule has 22 heavy (non-hydrogen) atoms. The van der Waals surface area contributed by atoms with E-state index in [-0.39, 0.29) is 0 Å². The van der Waals surface area contributed by atoms with E-state index in [1.807, 2.05) is 0 Å². The molecular weight excluding hydrogens is 268 g/mol. The molecule has 0 unspecified atom stereocenters. The van der Waals surface area contributed by atoms with Crippen LogP contribution >= 0.6 is 0 Å². The SMILES string of the molecule is CCCCCCCc1cccc(CC(=O)C2CCCCC2)c1. The number of Topliss-reactive ketones (excluding diaryl/α,β-unsaturated/α-hetero) is 1. The van der Waals surface area contributed by atoms with Crippen molar-refractivity contribution in [1.82, 2.24) is 0 Å². The number of carbonyl (C=O) groups excluding carboxylic acids is 1. The fourth-order valence-electron chi connectivity index (χ4n) is 3.60. The Hall–Kier alpha value is -1.11. The Morgan fingerprint density at radius 1 is 1.00 bits per heavy atom. The second-order valence-electron chi connectivity index (χ2n) is 6.96. The van der Waals surface area contributed by atoms with Crippen LogP contribution in [-0.2, 0) is 17.6 Å². The summed E-state index contributed by atoms with van der Waals surface area (Å²) in [6, 6.07) is 8.74. The lowest BCUT2D eigenvalue weighted by molar-refractivity contribution is -0.123. The van der Waals surface area contributed by atoms with Crippen molar-refractivity contribution < 1.29 is 4.79 Å². The smallest absolute Gasteiger partial charge is 0.140 e. The molecule has 0 bridgehead atoms. The van der Waals surface area contributed by atoms with E-state index in [1.165, 1.54) is 62.5 Å². The average molecular weight is 300 g/mol. The van der Waals surface area contributed by atoms with Crippen molar-refractivity contribution in [3.05, 3.63) is 35.4 Å². The molecule has 1 saturated carbocycles. The summed E-state index contributed by atoms with van der Waals surface area (Å²) in [6.45, 7) is 2.26. The Morgan fingerprint density at radius 3 is 2.50 bits per heavy atom. The number of hydrogen-bond donors (Lipinski definition) is 0. The lowest BCUT2D eigenvalue weighted by Crippen LogP contribution is -2.19. The molecule has 2 rings (SSSR count). The van der Waals surface area contributed by atoms with Crippen LogP contribution in [0.4, 0.5) is 0 Å². The van der Waals surface area contributed by atoms with Crippen LogP contribution < -0.4 is 0 Å². The van der Waals surface area contributed by atoms with Crippen molar-refractivity contribution in [1.29, 1.82) is 0 Å². The molecule has 1 aromatic rings. The number of aryl methyl sites for hydroxylation is 1. The quantitative estimate of drug-likeness (QED) is 0.519. The van der Waals surface area contributed by atoms with Gasteiger partial charge in [-0.25, -0.2) is 0 Å². The van der Waals surface area contributed by atoms with Gasteiger partial charge < -0.3 is 0 Å². The first-order valence-electron chi connectivity index (χ1n) is 9.40. The molecule has 1 aromatic carbocycles. The van der Waals surface area contributed by atoms with Gasteiger partial charge in [-0.05, 0) is 36.8 Å². The van der Waals surface area contributed by atoms with Crippen LogP contribution in [0.1, 0.15) is 82.3 Å². The minimum absolute atomic E-state index is 0.339. The molecule has 1 aliphatic carbocycles. The maximum absolute atomic E-state index is 12.4. The van der Waals surface area contributed by atoms with Crippen LogP contribution in [0.5, 0.6) is 0 Å². The number of benzene rings is 1. The summed E-state index contributed by atoms with van der Waals surface area (Å²) in [7, 11) is 0. The third-order valence-corrected chi connectivity index (χ3v) is 5.00. The van der Waals surface area contributed by atoms with Gasteiger partial charge in [-0.1, -0.05) is 76.1 Å². The van der Waals surface area contributed by atoms with Crippen molar-refractivity contribution in [3.8, 4) is 0 Å². The highest BCUT2D eigenvalue weighted by Crippen LogP contribution is 2.25. The summed E-state index contributed by atoms with van der Waals surface area (Å²) in [5, 5.41) is 0. The maximum Gasteiger partial charge on any atom is 0.140 e. The monoisotopic (exact) mass is 300 g/mol. The van der Waals surface area contributed by atoms with Gasteiger partial charge in [0, 0.05) is 12.3 Å². The van der Waals surface area contributed by atoms with E-state index < -0.39 is 0 Å². The Bertz CT molecular complexity index is 443. The highest BCUT2D eigenvalue weighted by atomic mass is 16.1. The minimum Gasteiger partial charge on any atom is -0.299 e. The predicted molar refractivity (Wildman–Crippen MR) is 94.2 cm³/mol. The summed E-state index contributed by atoms with van der Waals surface area (Å²) < 4.78 is 0. The molecular formula is C21H32O. The molecule has 0 N–H and O–H groups in total. The van der Waals surface area contributed by atoms with Gasteiger partial charge in [-0.3, -0.25) is 4.79 Å². The van der Waals surface area contributed by atoms with Gasteiger partial charge in [-0.2, -0.15) is 0 Å². The molecule has 0 amide bonds. The first-order chi connectivity index (χ1) is 10.8. The highest BCUT2D eigenvalue weighted by molar-refractivity contribution is 5.83. The zero-order chi connectivity index (χ0) is 15.6. The minimum atomic E-state index is 0.339. The van der Waals surface area contributed by atoms with Gasteiger partial charge in [0.05, 0.1) is 0 Å². The topological polar surface area (TPSA) is 17.1 Å². The number of rotatable bonds is 9. The number of ketones is 1. The molecule has 122 valence electrons. The lowest BCUT2D eigenvalue weighted by Gasteiger charge is -2.20. The lowest BCUT2D eigenvalue weighted by atomic mass is 9.84. The van der Waals surface area contributed by atoms with E-state index in [0.717, 1.165) is 19.3 Å². The number of unbranched alkanes of at least 4 members (excludes halogenated alkanes) is 4. The van der Waals surface area contributed by atoms with Gasteiger partial charge in [-0.15, -0.1) is 0 Å². The largest absolute Gasteiger partial charge is 0.299 e. The van der Waals surface area contributed by atoms with E-state index in [9.17, 15) is 4.79 Å². The van der Waals surface area contributed by atoms with E-state index >= 15 is 0 Å². The Labute approximate surface area is 136 Å². The molecule has 1 aliphatic rings. The Kier molecular flexibility index (Phi) is 7.70. The molecule has 1 nitrogen and oxygen atoms in total. The summed E-state index contributed by atoms with van der Waals surface area (Å²) in [5.74, 6) is 0.811.